The normalized spacial score (nSPS) is 14.2. The van der Waals surface area contributed by atoms with Crippen molar-refractivity contribution >= 4 is 17.3 Å². The average molecular weight is 393 g/mol. The van der Waals surface area contributed by atoms with E-state index < -0.39 is 0 Å². The number of hydrogen-bond donors (Lipinski definition) is 1. The maximum atomic E-state index is 12.1. The highest BCUT2D eigenvalue weighted by Crippen LogP contribution is 2.22. The Hall–Kier alpha value is -3.15. The lowest BCUT2D eigenvalue weighted by atomic mass is 9.90. The van der Waals surface area contributed by atoms with Gasteiger partial charge in [-0.25, -0.2) is 0 Å². The molecule has 152 valence electrons. The number of carbonyl (C=O) groups is 1. The van der Waals surface area contributed by atoms with Crippen molar-refractivity contribution in [2.24, 2.45) is 10.3 Å². The van der Waals surface area contributed by atoms with Gasteiger partial charge in [-0.3, -0.25) is 4.79 Å². The Labute approximate surface area is 171 Å². The molecule has 0 aliphatic heterocycles. The monoisotopic (exact) mass is 393 g/mol. The third kappa shape index (κ3) is 5.02. The number of oxime groups is 2. The minimum Gasteiger partial charge on any atom is -0.398 e. The summed E-state index contributed by atoms with van der Waals surface area (Å²) in [7, 11) is 2.97. The van der Waals surface area contributed by atoms with E-state index in [4.69, 9.17) is 9.68 Å². The number of nitrogens with one attached hydrogen (secondary N) is 1. The van der Waals surface area contributed by atoms with Gasteiger partial charge in [0, 0.05) is 18.2 Å². The SMILES string of the molecule is CNC(=O)/C(=N/OC)c1ccccc1CO/N=C(\C)c1ccc2c(c1)CCCC2. The van der Waals surface area contributed by atoms with Crippen molar-refractivity contribution in [1.82, 2.24) is 5.32 Å². The van der Waals surface area contributed by atoms with Crippen molar-refractivity contribution in [2.45, 2.75) is 39.2 Å². The van der Waals surface area contributed by atoms with E-state index in [1.807, 2.05) is 31.2 Å². The third-order valence-electron chi connectivity index (χ3n) is 5.08. The number of benzene rings is 2. The highest BCUT2D eigenvalue weighted by atomic mass is 16.6. The fourth-order valence-corrected chi connectivity index (χ4v) is 3.51. The molecule has 6 heteroatoms. The predicted molar refractivity (Wildman–Crippen MR) is 114 cm³/mol. The van der Waals surface area contributed by atoms with Gasteiger partial charge in [-0.1, -0.05) is 46.7 Å². The summed E-state index contributed by atoms with van der Waals surface area (Å²) >= 11 is 0. The molecule has 0 saturated heterocycles. The van der Waals surface area contributed by atoms with Crippen molar-refractivity contribution in [1.29, 1.82) is 0 Å². The third-order valence-corrected chi connectivity index (χ3v) is 5.08. The summed E-state index contributed by atoms with van der Waals surface area (Å²) in [6.07, 6.45) is 4.81. The molecule has 2 aromatic carbocycles. The van der Waals surface area contributed by atoms with Crippen molar-refractivity contribution in [3.05, 3.63) is 70.3 Å². The summed E-state index contributed by atoms with van der Waals surface area (Å²) in [5.41, 5.74) is 6.41. The van der Waals surface area contributed by atoms with Crippen LogP contribution in [0.15, 0.2) is 52.8 Å². The van der Waals surface area contributed by atoms with E-state index in [1.54, 1.807) is 7.05 Å². The molecule has 1 N–H and O–H groups in total. The van der Waals surface area contributed by atoms with Crippen LogP contribution in [0.2, 0.25) is 0 Å². The molecule has 0 atom stereocenters. The molecule has 0 unspecified atom stereocenters. The summed E-state index contributed by atoms with van der Waals surface area (Å²) in [6.45, 7) is 2.16. The van der Waals surface area contributed by atoms with Gasteiger partial charge >= 0.3 is 0 Å². The van der Waals surface area contributed by atoms with Crippen LogP contribution in [-0.2, 0) is 33.9 Å². The molecule has 0 radical (unpaired) electrons. The number of nitrogens with zero attached hydrogens (tertiary/aromatic N) is 2. The van der Waals surface area contributed by atoms with Crippen LogP contribution in [0.3, 0.4) is 0 Å². The highest BCUT2D eigenvalue weighted by Gasteiger charge is 2.17. The quantitative estimate of drug-likeness (QED) is 0.577. The van der Waals surface area contributed by atoms with Gasteiger partial charge in [0.25, 0.3) is 5.91 Å². The second kappa shape index (κ2) is 9.87. The number of amides is 1. The van der Waals surface area contributed by atoms with Crippen LogP contribution in [0, 0.1) is 0 Å². The van der Waals surface area contributed by atoms with Gasteiger partial charge in [-0.15, -0.1) is 0 Å². The molecule has 0 heterocycles. The first-order valence-electron chi connectivity index (χ1n) is 9.84. The summed E-state index contributed by atoms with van der Waals surface area (Å²) < 4.78 is 0. The van der Waals surface area contributed by atoms with E-state index >= 15 is 0 Å². The van der Waals surface area contributed by atoms with E-state index in [0.29, 0.717) is 5.56 Å². The van der Waals surface area contributed by atoms with Crippen LogP contribution < -0.4 is 5.32 Å². The smallest absolute Gasteiger partial charge is 0.273 e. The largest absolute Gasteiger partial charge is 0.398 e. The lowest BCUT2D eigenvalue weighted by molar-refractivity contribution is -0.114. The Morgan fingerprint density at radius 3 is 2.59 bits per heavy atom. The van der Waals surface area contributed by atoms with E-state index in [1.165, 1.54) is 31.1 Å². The molecule has 1 amide bonds. The maximum absolute atomic E-state index is 12.1. The molecule has 3 rings (SSSR count). The lowest BCUT2D eigenvalue weighted by Crippen LogP contribution is -2.29. The van der Waals surface area contributed by atoms with Gasteiger partial charge in [0.05, 0.1) is 5.71 Å². The number of fused-ring (bicyclic) bond motifs is 1. The molecule has 2 aromatic rings. The first-order valence-corrected chi connectivity index (χ1v) is 9.84. The van der Waals surface area contributed by atoms with Gasteiger partial charge in [0.1, 0.15) is 13.7 Å². The Morgan fingerprint density at radius 2 is 1.83 bits per heavy atom. The van der Waals surface area contributed by atoms with Gasteiger partial charge in [0.2, 0.25) is 0 Å². The molecular weight excluding hydrogens is 366 g/mol. The zero-order valence-corrected chi connectivity index (χ0v) is 17.2. The lowest BCUT2D eigenvalue weighted by Gasteiger charge is -2.16. The molecule has 29 heavy (non-hydrogen) atoms. The first-order chi connectivity index (χ1) is 14.1. The van der Waals surface area contributed by atoms with Gasteiger partial charge < -0.3 is 15.0 Å². The number of carbonyl (C=O) groups excluding carboxylic acids is 1. The Kier molecular flexibility index (Phi) is 7.00. The molecular formula is C23H27N3O3. The summed E-state index contributed by atoms with van der Waals surface area (Å²) in [5, 5.41) is 10.7. The maximum Gasteiger partial charge on any atom is 0.273 e. The Bertz CT molecular complexity index is 935. The topological polar surface area (TPSA) is 72.3 Å². The van der Waals surface area contributed by atoms with Crippen molar-refractivity contribution < 1.29 is 14.5 Å². The van der Waals surface area contributed by atoms with Crippen LogP contribution >= 0.6 is 0 Å². The fourth-order valence-electron chi connectivity index (χ4n) is 3.51. The summed E-state index contributed by atoms with van der Waals surface area (Å²) in [5.74, 6) is -0.326. The molecule has 0 aromatic heterocycles. The Morgan fingerprint density at radius 1 is 1.07 bits per heavy atom. The van der Waals surface area contributed by atoms with Crippen LogP contribution in [0.5, 0.6) is 0 Å². The van der Waals surface area contributed by atoms with Gasteiger partial charge in [-0.2, -0.15) is 0 Å². The first kappa shape index (κ1) is 20.6. The van der Waals surface area contributed by atoms with Crippen molar-refractivity contribution in [2.75, 3.05) is 14.2 Å². The highest BCUT2D eigenvalue weighted by molar-refractivity contribution is 6.45. The fraction of sp³-hybridized carbons (Fsp3) is 0.348. The van der Waals surface area contributed by atoms with Gasteiger partial charge in [-0.05, 0) is 55.4 Å². The predicted octanol–water partition coefficient (Wildman–Crippen LogP) is 3.60. The number of rotatable bonds is 7. The van der Waals surface area contributed by atoms with Crippen LogP contribution in [0.4, 0.5) is 0 Å². The molecule has 0 bridgehead atoms. The Balaban J connectivity index is 1.75. The van der Waals surface area contributed by atoms with E-state index in [-0.39, 0.29) is 18.2 Å². The minimum absolute atomic E-state index is 0.199. The van der Waals surface area contributed by atoms with Gasteiger partial charge in [0.15, 0.2) is 5.71 Å². The zero-order chi connectivity index (χ0) is 20.6. The minimum atomic E-state index is -0.326. The van der Waals surface area contributed by atoms with E-state index in [0.717, 1.165) is 29.7 Å². The molecule has 6 nitrogen and oxygen atoms in total. The second-order valence-electron chi connectivity index (χ2n) is 7.00. The standard InChI is InChI=1S/C23H27N3O3/c1-16(18-13-12-17-8-4-5-9-19(17)14-18)25-29-15-20-10-6-7-11-21(20)22(26-28-3)23(27)24-2/h6-7,10-14H,4-5,8-9,15H2,1-3H3,(H,24,27)/b25-16+,26-22+. The van der Waals surface area contributed by atoms with E-state index in [2.05, 4.69) is 33.8 Å². The molecule has 0 saturated carbocycles. The van der Waals surface area contributed by atoms with E-state index in [9.17, 15) is 4.79 Å². The molecule has 1 aliphatic carbocycles. The van der Waals surface area contributed by atoms with Crippen LogP contribution in [0.1, 0.15) is 47.6 Å². The summed E-state index contributed by atoms with van der Waals surface area (Å²) in [4.78, 5) is 22.6. The molecule has 0 spiro atoms. The number of likely N-dealkylation sites (N-methyl/N-ethyl adjacent to an activating group) is 1. The molecule has 1 aliphatic rings. The number of aryl methyl sites for hydroxylation is 2. The summed E-state index contributed by atoms with van der Waals surface area (Å²) in [6, 6.07) is 14.0. The molecule has 0 fully saturated rings. The average Bonchev–Trinajstić information content (AvgIpc) is 2.77. The van der Waals surface area contributed by atoms with Crippen LogP contribution in [0.25, 0.3) is 0 Å². The van der Waals surface area contributed by atoms with Crippen LogP contribution in [-0.4, -0.2) is 31.5 Å². The number of hydrogen-bond acceptors (Lipinski definition) is 5. The second-order valence-corrected chi connectivity index (χ2v) is 7.00. The van der Waals surface area contributed by atoms with Crippen molar-refractivity contribution in [3.8, 4) is 0 Å². The zero-order valence-electron chi connectivity index (χ0n) is 17.2. The van der Waals surface area contributed by atoms with Crippen molar-refractivity contribution in [3.63, 3.8) is 0 Å².